The molecule has 2 aliphatic heterocycles. The fraction of sp³-hybridized carbons (Fsp3) is 0.467. The number of aromatic nitrogens is 4. The van der Waals surface area contributed by atoms with Crippen molar-refractivity contribution in [3.8, 4) is 0 Å². The zero-order valence-electron chi connectivity index (χ0n) is 25.3. The van der Waals surface area contributed by atoms with E-state index in [-0.39, 0.29) is 11.8 Å². The molecule has 1 unspecified atom stereocenters. The average Bonchev–Trinajstić information content (AvgIpc) is 3.45. The summed E-state index contributed by atoms with van der Waals surface area (Å²) in [5.41, 5.74) is 3.62. The van der Waals surface area contributed by atoms with E-state index in [1.54, 1.807) is 0 Å². The fourth-order valence-electron chi connectivity index (χ4n) is 5.00. The quantitative estimate of drug-likeness (QED) is 0.322. The molecule has 2 aliphatic rings. The van der Waals surface area contributed by atoms with Crippen molar-refractivity contribution in [1.29, 1.82) is 0 Å². The van der Waals surface area contributed by atoms with Crippen molar-refractivity contribution in [3.63, 3.8) is 0 Å². The number of hydrogen-bond donors (Lipinski definition) is 3. The summed E-state index contributed by atoms with van der Waals surface area (Å²) in [6.45, 7) is 6.37. The van der Waals surface area contributed by atoms with Crippen LogP contribution in [-0.2, 0) is 40.4 Å². The highest BCUT2D eigenvalue weighted by Gasteiger charge is 2.39. The lowest BCUT2D eigenvalue weighted by Crippen LogP contribution is -2.37. The Labute approximate surface area is 265 Å². The summed E-state index contributed by atoms with van der Waals surface area (Å²) in [5.74, 6) is -2.89. The van der Waals surface area contributed by atoms with Gasteiger partial charge in [-0.1, -0.05) is 35.9 Å². The van der Waals surface area contributed by atoms with Gasteiger partial charge in [-0.05, 0) is 56.5 Å². The van der Waals surface area contributed by atoms with Gasteiger partial charge in [-0.15, -0.1) is 10.2 Å². The Morgan fingerprint density at radius 1 is 0.894 bits per heavy atom. The van der Waals surface area contributed by atoms with Gasteiger partial charge in [0.15, 0.2) is 0 Å². The number of aryl methyl sites for hydroxylation is 2. The number of piperidine rings is 1. The lowest BCUT2D eigenvalue weighted by molar-refractivity contribution is -0.193. The number of nitrogens with one attached hydrogen (secondary N) is 1. The smallest absolute Gasteiger partial charge is 0.475 e. The Morgan fingerprint density at radius 3 is 2.02 bits per heavy atom. The molecule has 3 N–H and O–H groups in total. The molecule has 2 aromatic heterocycles. The first kappa shape index (κ1) is 36.9. The second-order valence-corrected chi connectivity index (χ2v) is 11.0. The van der Waals surface area contributed by atoms with Gasteiger partial charge in [0.2, 0.25) is 5.91 Å². The molecule has 4 heterocycles. The molecular weight excluding hydrogens is 638 g/mol. The second-order valence-electron chi connectivity index (χ2n) is 11.0. The number of carbonyl (C=O) groups excluding carboxylic acids is 1. The van der Waals surface area contributed by atoms with Gasteiger partial charge in [0, 0.05) is 44.4 Å². The van der Waals surface area contributed by atoms with E-state index in [9.17, 15) is 31.1 Å². The van der Waals surface area contributed by atoms with E-state index >= 15 is 0 Å². The normalized spacial score (nSPS) is 16.9. The summed E-state index contributed by atoms with van der Waals surface area (Å²) in [7, 11) is 0. The average molecular weight is 673 g/mol. The maximum absolute atomic E-state index is 12.9. The summed E-state index contributed by atoms with van der Waals surface area (Å²) in [6.07, 6.45) is -2.60. The molecule has 0 spiro atoms. The zero-order chi connectivity index (χ0) is 34.8. The van der Waals surface area contributed by atoms with Crippen LogP contribution in [0.15, 0.2) is 48.8 Å². The minimum absolute atomic E-state index is 0.0247. The number of carboxylic acids is 2. The molecule has 1 amide bonds. The Morgan fingerprint density at radius 2 is 1.49 bits per heavy atom. The predicted molar refractivity (Wildman–Crippen MR) is 154 cm³/mol. The standard InChI is InChI=1S/C26H32N6O.2C2HF3O2/c1-19-4-6-20(7-5-19)16-28-26(33)23-8-9-24-29-30-25(32(24)18-23)22-10-13-31(14-11-22)17-21-3-2-12-27-15-21;2*3-2(4,5)1(6)7/h2-7,12,15,22-23H,8-11,13-14,16-18H2,1H3,(H,28,33);2*(H,6,7). The second kappa shape index (κ2) is 16.3. The summed E-state index contributed by atoms with van der Waals surface area (Å²) in [6, 6.07) is 12.5. The third kappa shape index (κ3) is 11.6. The van der Waals surface area contributed by atoms with Crippen LogP contribution < -0.4 is 5.32 Å². The van der Waals surface area contributed by atoms with Crippen LogP contribution in [0.4, 0.5) is 26.3 Å². The van der Waals surface area contributed by atoms with Crippen LogP contribution in [-0.4, -0.2) is 78.1 Å². The van der Waals surface area contributed by atoms with E-state index in [1.165, 1.54) is 11.1 Å². The van der Waals surface area contributed by atoms with Crippen molar-refractivity contribution in [2.45, 2.75) is 70.5 Å². The number of alkyl halides is 6. The SMILES string of the molecule is Cc1ccc(CNC(=O)C2CCc3nnc(C4CCN(Cc5cccnc5)CC4)n3C2)cc1.O=C(O)C(F)(F)F.O=C(O)C(F)(F)F. The molecule has 47 heavy (non-hydrogen) atoms. The van der Waals surface area contributed by atoms with Crippen LogP contribution in [0.3, 0.4) is 0 Å². The first-order chi connectivity index (χ1) is 22.0. The lowest BCUT2D eigenvalue weighted by atomic mass is 9.93. The Kier molecular flexibility index (Phi) is 12.8. The van der Waals surface area contributed by atoms with Crippen molar-refractivity contribution in [2.75, 3.05) is 13.1 Å². The van der Waals surface area contributed by atoms with Crippen LogP contribution in [0.2, 0.25) is 0 Å². The number of aliphatic carboxylic acids is 2. The first-order valence-corrected chi connectivity index (χ1v) is 14.5. The summed E-state index contributed by atoms with van der Waals surface area (Å²) >= 11 is 0. The fourth-order valence-corrected chi connectivity index (χ4v) is 5.00. The molecule has 0 aliphatic carbocycles. The zero-order valence-corrected chi connectivity index (χ0v) is 25.3. The number of benzene rings is 1. The number of pyridine rings is 1. The van der Waals surface area contributed by atoms with Crippen LogP contribution in [0.5, 0.6) is 0 Å². The highest BCUT2D eigenvalue weighted by Crippen LogP contribution is 2.31. The maximum Gasteiger partial charge on any atom is 0.490 e. The molecule has 5 rings (SSSR count). The number of rotatable bonds is 6. The van der Waals surface area contributed by atoms with Crippen molar-refractivity contribution < 1.29 is 50.9 Å². The molecule has 1 aromatic carbocycles. The summed E-state index contributed by atoms with van der Waals surface area (Å²) < 4.78 is 65.7. The first-order valence-electron chi connectivity index (χ1n) is 14.5. The number of carboxylic acid groups (broad SMARTS) is 2. The molecule has 1 saturated heterocycles. The largest absolute Gasteiger partial charge is 0.490 e. The Hall–Kier alpha value is -4.54. The highest BCUT2D eigenvalue weighted by molar-refractivity contribution is 5.78. The monoisotopic (exact) mass is 672 g/mol. The summed E-state index contributed by atoms with van der Waals surface area (Å²) in [5, 5.41) is 26.4. The molecular formula is C30H34F6N6O5. The number of amides is 1. The molecule has 0 radical (unpaired) electrons. The van der Waals surface area contributed by atoms with Crippen LogP contribution >= 0.6 is 0 Å². The maximum atomic E-state index is 12.9. The molecule has 3 aromatic rings. The van der Waals surface area contributed by atoms with E-state index in [2.05, 4.69) is 67.2 Å². The third-order valence-corrected chi connectivity index (χ3v) is 7.50. The van der Waals surface area contributed by atoms with Crippen molar-refractivity contribution in [1.82, 2.24) is 30.0 Å². The minimum atomic E-state index is -5.08. The van der Waals surface area contributed by atoms with E-state index < -0.39 is 24.3 Å². The number of halogens is 6. The van der Waals surface area contributed by atoms with Crippen molar-refractivity contribution in [2.24, 2.45) is 5.92 Å². The molecule has 17 heteroatoms. The number of hydrogen-bond acceptors (Lipinski definition) is 7. The van der Waals surface area contributed by atoms with E-state index in [4.69, 9.17) is 19.8 Å². The van der Waals surface area contributed by atoms with Crippen LogP contribution in [0.25, 0.3) is 0 Å². The minimum Gasteiger partial charge on any atom is -0.475 e. The summed E-state index contributed by atoms with van der Waals surface area (Å²) in [4.78, 5) is 37.4. The van der Waals surface area contributed by atoms with Crippen LogP contribution in [0, 0.1) is 12.8 Å². The predicted octanol–water partition coefficient (Wildman–Crippen LogP) is 4.51. The van der Waals surface area contributed by atoms with E-state index in [1.807, 2.05) is 18.5 Å². The highest BCUT2D eigenvalue weighted by atomic mass is 19.4. The van der Waals surface area contributed by atoms with Gasteiger partial charge >= 0.3 is 24.3 Å². The molecule has 1 atom stereocenters. The topological polar surface area (TPSA) is 151 Å². The van der Waals surface area contributed by atoms with Gasteiger partial charge in [0.05, 0.1) is 5.92 Å². The molecule has 256 valence electrons. The molecule has 1 fully saturated rings. The van der Waals surface area contributed by atoms with Gasteiger partial charge in [0.1, 0.15) is 11.6 Å². The van der Waals surface area contributed by atoms with Gasteiger partial charge < -0.3 is 20.1 Å². The van der Waals surface area contributed by atoms with Gasteiger partial charge in [0.25, 0.3) is 0 Å². The number of fused-ring (bicyclic) bond motifs is 1. The Balaban J connectivity index is 0.000000360. The third-order valence-electron chi connectivity index (χ3n) is 7.50. The van der Waals surface area contributed by atoms with Gasteiger partial charge in [-0.25, -0.2) is 9.59 Å². The van der Waals surface area contributed by atoms with Crippen LogP contribution in [0.1, 0.15) is 53.5 Å². The van der Waals surface area contributed by atoms with Gasteiger partial charge in [-0.3, -0.25) is 14.7 Å². The van der Waals surface area contributed by atoms with Crippen molar-refractivity contribution >= 4 is 17.8 Å². The molecule has 11 nitrogen and oxygen atoms in total. The molecule has 0 saturated carbocycles. The lowest BCUT2D eigenvalue weighted by Gasteiger charge is -2.32. The van der Waals surface area contributed by atoms with Gasteiger partial charge in [-0.2, -0.15) is 26.3 Å². The number of nitrogens with zero attached hydrogens (tertiary/aromatic N) is 5. The Bertz CT molecular complexity index is 1450. The van der Waals surface area contributed by atoms with E-state index in [0.717, 1.165) is 62.5 Å². The number of carbonyl (C=O) groups is 3. The number of likely N-dealkylation sites (tertiary alicyclic amines) is 1. The van der Waals surface area contributed by atoms with E-state index in [0.29, 0.717) is 19.0 Å². The van der Waals surface area contributed by atoms with Crippen molar-refractivity contribution in [3.05, 3.63) is 77.1 Å². The molecule has 0 bridgehead atoms.